The number of nitrogens with one attached hydrogen (secondary N) is 2. The van der Waals surface area contributed by atoms with Crippen LogP contribution in [0.4, 0.5) is 0 Å². The first-order valence-corrected chi connectivity index (χ1v) is 10.1. The molecule has 0 radical (unpaired) electrons. The van der Waals surface area contributed by atoms with Crippen molar-refractivity contribution in [3.05, 3.63) is 94.7 Å². The van der Waals surface area contributed by atoms with Gasteiger partial charge in [-0.3, -0.25) is 9.59 Å². The lowest BCUT2D eigenvalue weighted by Crippen LogP contribution is -2.32. The summed E-state index contributed by atoms with van der Waals surface area (Å²) in [6, 6.07) is 18.7. The molecule has 1 heterocycles. The fourth-order valence-electron chi connectivity index (χ4n) is 3.11. The zero-order valence-corrected chi connectivity index (χ0v) is 17.7. The SMILES string of the molecule is Cc1ccc(O)c(C=NNC(=O)C(=Cc2ccc3c(c2)OCO3)NC(=O)c2ccccc2)c1. The molecule has 0 atom stereocenters. The number of phenols is 1. The molecule has 166 valence electrons. The van der Waals surface area contributed by atoms with E-state index in [2.05, 4.69) is 15.8 Å². The number of aryl methyl sites for hydroxylation is 1. The molecule has 1 aliphatic rings. The van der Waals surface area contributed by atoms with Crippen LogP contribution in [0.15, 0.2) is 77.5 Å². The molecule has 1 aliphatic heterocycles. The predicted octanol–water partition coefficient (Wildman–Crippen LogP) is 3.35. The van der Waals surface area contributed by atoms with E-state index >= 15 is 0 Å². The standard InChI is InChI=1S/C25H21N3O5/c1-16-7-9-21(29)19(11-16)14-26-28-25(31)20(27-24(30)18-5-3-2-4-6-18)12-17-8-10-22-23(13-17)33-15-32-22/h2-14,29H,15H2,1H3,(H,27,30)(H,28,31). The van der Waals surface area contributed by atoms with E-state index in [-0.39, 0.29) is 18.2 Å². The van der Waals surface area contributed by atoms with Crippen LogP contribution in [0.3, 0.4) is 0 Å². The number of fused-ring (bicyclic) bond motifs is 1. The third kappa shape index (κ3) is 5.37. The number of hydrogen-bond acceptors (Lipinski definition) is 6. The van der Waals surface area contributed by atoms with Crippen LogP contribution in [0, 0.1) is 6.92 Å². The van der Waals surface area contributed by atoms with Gasteiger partial charge in [-0.15, -0.1) is 0 Å². The zero-order chi connectivity index (χ0) is 23.2. The van der Waals surface area contributed by atoms with E-state index in [1.54, 1.807) is 66.7 Å². The summed E-state index contributed by atoms with van der Waals surface area (Å²) < 4.78 is 10.7. The lowest BCUT2D eigenvalue weighted by atomic mass is 10.1. The molecule has 0 saturated carbocycles. The van der Waals surface area contributed by atoms with Crippen LogP contribution in [0.5, 0.6) is 17.2 Å². The molecule has 3 aromatic rings. The molecule has 3 N–H and O–H groups in total. The Morgan fingerprint density at radius 2 is 1.79 bits per heavy atom. The van der Waals surface area contributed by atoms with Crippen LogP contribution in [0.2, 0.25) is 0 Å². The van der Waals surface area contributed by atoms with Crippen molar-refractivity contribution in [3.63, 3.8) is 0 Å². The van der Waals surface area contributed by atoms with Crippen molar-refractivity contribution in [2.75, 3.05) is 6.79 Å². The second kappa shape index (κ2) is 9.69. The number of amides is 2. The first-order valence-electron chi connectivity index (χ1n) is 10.1. The van der Waals surface area contributed by atoms with Crippen molar-refractivity contribution >= 4 is 24.1 Å². The van der Waals surface area contributed by atoms with E-state index < -0.39 is 11.8 Å². The van der Waals surface area contributed by atoms with Crippen LogP contribution >= 0.6 is 0 Å². The van der Waals surface area contributed by atoms with Crippen LogP contribution in [0.1, 0.15) is 27.0 Å². The number of ether oxygens (including phenoxy) is 2. The molecule has 3 aromatic carbocycles. The second-order valence-electron chi connectivity index (χ2n) is 7.25. The minimum Gasteiger partial charge on any atom is -0.507 e. The summed E-state index contributed by atoms with van der Waals surface area (Å²) in [5.41, 5.74) is 4.77. The Hall–Kier alpha value is -4.59. The molecule has 0 fully saturated rings. The normalized spacial score (nSPS) is 12.6. The van der Waals surface area contributed by atoms with Crippen molar-refractivity contribution in [3.8, 4) is 17.2 Å². The van der Waals surface area contributed by atoms with Gasteiger partial charge in [-0.25, -0.2) is 5.43 Å². The number of hydrazone groups is 1. The lowest BCUT2D eigenvalue weighted by Gasteiger charge is -2.09. The highest BCUT2D eigenvalue weighted by molar-refractivity contribution is 6.05. The number of aromatic hydroxyl groups is 1. The Bertz CT molecular complexity index is 1250. The quantitative estimate of drug-likeness (QED) is 0.308. The number of benzene rings is 3. The summed E-state index contributed by atoms with van der Waals surface area (Å²) in [7, 11) is 0. The average molecular weight is 443 g/mol. The van der Waals surface area contributed by atoms with E-state index in [0.29, 0.717) is 28.2 Å². The summed E-state index contributed by atoms with van der Waals surface area (Å²) in [4.78, 5) is 25.5. The molecule has 0 unspecified atom stereocenters. The van der Waals surface area contributed by atoms with Gasteiger partial charge in [0.1, 0.15) is 11.4 Å². The molecule has 0 aliphatic carbocycles. The molecule has 8 heteroatoms. The van der Waals surface area contributed by atoms with Crippen LogP contribution in [-0.4, -0.2) is 29.9 Å². The molecule has 33 heavy (non-hydrogen) atoms. The van der Waals surface area contributed by atoms with Crippen molar-refractivity contribution in [1.82, 2.24) is 10.7 Å². The third-order valence-electron chi connectivity index (χ3n) is 4.79. The van der Waals surface area contributed by atoms with Gasteiger partial charge in [0, 0.05) is 11.1 Å². The van der Waals surface area contributed by atoms with Gasteiger partial charge in [0.15, 0.2) is 11.5 Å². The van der Waals surface area contributed by atoms with Gasteiger partial charge in [-0.2, -0.15) is 5.10 Å². The molecule has 0 aromatic heterocycles. The summed E-state index contributed by atoms with van der Waals surface area (Å²) in [5.74, 6) is 0.102. The van der Waals surface area contributed by atoms with Gasteiger partial charge in [-0.1, -0.05) is 35.9 Å². The maximum Gasteiger partial charge on any atom is 0.287 e. The van der Waals surface area contributed by atoms with Gasteiger partial charge in [0.05, 0.1) is 6.21 Å². The van der Waals surface area contributed by atoms with E-state index in [9.17, 15) is 14.7 Å². The zero-order valence-electron chi connectivity index (χ0n) is 17.7. The highest BCUT2D eigenvalue weighted by Crippen LogP contribution is 2.33. The van der Waals surface area contributed by atoms with Gasteiger partial charge in [0.2, 0.25) is 6.79 Å². The third-order valence-corrected chi connectivity index (χ3v) is 4.79. The molecular formula is C25H21N3O5. The molecule has 8 nitrogen and oxygen atoms in total. The number of phenolic OH excluding ortho intramolecular Hbond substituents is 1. The minimum atomic E-state index is -0.639. The lowest BCUT2D eigenvalue weighted by molar-refractivity contribution is -0.117. The fraction of sp³-hybridized carbons (Fsp3) is 0.0800. The molecule has 0 saturated heterocycles. The highest BCUT2D eigenvalue weighted by atomic mass is 16.7. The van der Waals surface area contributed by atoms with Gasteiger partial charge >= 0.3 is 0 Å². The number of carbonyl (C=O) groups excluding carboxylic acids is 2. The van der Waals surface area contributed by atoms with Crippen LogP contribution < -0.4 is 20.2 Å². The smallest absolute Gasteiger partial charge is 0.287 e. The van der Waals surface area contributed by atoms with Gasteiger partial charge in [-0.05, 0) is 55.0 Å². The molecule has 0 bridgehead atoms. The first kappa shape index (κ1) is 21.6. The number of hydrogen-bond donors (Lipinski definition) is 3. The van der Waals surface area contributed by atoms with Crippen LogP contribution in [0.25, 0.3) is 6.08 Å². The Morgan fingerprint density at radius 3 is 2.61 bits per heavy atom. The summed E-state index contributed by atoms with van der Waals surface area (Å²) in [6.07, 6.45) is 2.84. The fourth-order valence-corrected chi connectivity index (χ4v) is 3.11. The van der Waals surface area contributed by atoms with E-state index in [0.717, 1.165) is 5.56 Å². The van der Waals surface area contributed by atoms with E-state index in [1.165, 1.54) is 12.3 Å². The molecule has 2 amide bonds. The van der Waals surface area contributed by atoms with E-state index in [4.69, 9.17) is 9.47 Å². The summed E-state index contributed by atoms with van der Waals surface area (Å²) in [5, 5.41) is 16.5. The van der Waals surface area contributed by atoms with Crippen LogP contribution in [-0.2, 0) is 4.79 Å². The molecule has 4 rings (SSSR count). The Kier molecular flexibility index (Phi) is 6.36. The molecule has 0 spiro atoms. The molecular weight excluding hydrogens is 422 g/mol. The van der Waals surface area contributed by atoms with Gasteiger partial charge in [0.25, 0.3) is 11.8 Å². The first-order chi connectivity index (χ1) is 16.0. The Labute approximate surface area is 190 Å². The second-order valence-corrected chi connectivity index (χ2v) is 7.25. The summed E-state index contributed by atoms with van der Waals surface area (Å²) >= 11 is 0. The topological polar surface area (TPSA) is 109 Å². The maximum absolute atomic E-state index is 12.9. The Morgan fingerprint density at radius 1 is 1.00 bits per heavy atom. The van der Waals surface area contributed by atoms with Crippen molar-refractivity contribution in [1.29, 1.82) is 0 Å². The number of rotatable bonds is 6. The highest BCUT2D eigenvalue weighted by Gasteiger charge is 2.17. The van der Waals surface area contributed by atoms with Gasteiger partial charge < -0.3 is 19.9 Å². The summed E-state index contributed by atoms with van der Waals surface area (Å²) in [6.45, 7) is 2.00. The monoisotopic (exact) mass is 443 g/mol. The Balaban J connectivity index is 1.57. The predicted molar refractivity (Wildman–Crippen MR) is 123 cm³/mol. The number of carbonyl (C=O) groups is 2. The van der Waals surface area contributed by atoms with Crippen molar-refractivity contribution < 1.29 is 24.2 Å². The van der Waals surface area contributed by atoms with Crippen molar-refractivity contribution in [2.24, 2.45) is 5.10 Å². The maximum atomic E-state index is 12.9. The average Bonchev–Trinajstić information content (AvgIpc) is 3.29. The van der Waals surface area contributed by atoms with E-state index in [1.807, 2.05) is 6.92 Å². The largest absolute Gasteiger partial charge is 0.507 e. The number of nitrogens with zero attached hydrogens (tertiary/aromatic N) is 1. The van der Waals surface area contributed by atoms with Crippen molar-refractivity contribution in [2.45, 2.75) is 6.92 Å². The minimum absolute atomic E-state index is 0.0201.